The van der Waals surface area contributed by atoms with Crippen LogP contribution in [0.5, 0.6) is 17.2 Å². The Balaban J connectivity index is 1.94. The highest BCUT2D eigenvalue weighted by molar-refractivity contribution is 5.99. The molecule has 8 heteroatoms. The van der Waals surface area contributed by atoms with Gasteiger partial charge < -0.3 is 18.9 Å². The molecule has 0 saturated heterocycles. The largest absolute Gasteiger partial charge is 0.493 e. The zero-order chi connectivity index (χ0) is 23.0. The number of aromatic nitrogens is 1. The van der Waals surface area contributed by atoms with Crippen molar-refractivity contribution in [3.63, 3.8) is 0 Å². The number of methoxy groups -OCH3 is 1. The molecule has 0 unspecified atom stereocenters. The number of benzene rings is 1. The van der Waals surface area contributed by atoms with Crippen molar-refractivity contribution in [1.82, 2.24) is 4.98 Å². The molecule has 0 bridgehead atoms. The minimum Gasteiger partial charge on any atom is -0.493 e. The van der Waals surface area contributed by atoms with Gasteiger partial charge in [-0.3, -0.25) is 14.4 Å². The first-order chi connectivity index (χ1) is 14.7. The maximum absolute atomic E-state index is 12.7. The van der Waals surface area contributed by atoms with Crippen LogP contribution < -0.4 is 14.2 Å². The smallest absolute Gasteiger partial charge is 0.309 e. The summed E-state index contributed by atoms with van der Waals surface area (Å²) in [7, 11) is 1.39. The summed E-state index contributed by atoms with van der Waals surface area (Å²) in [5.74, 6) is -1.53. The number of aryl methyl sites for hydroxylation is 1. The second-order valence-electron chi connectivity index (χ2n) is 7.18. The van der Waals surface area contributed by atoms with Crippen LogP contribution in [0.4, 0.5) is 0 Å². The normalized spacial score (nSPS) is 12.4. The van der Waals surface area contributed by atoms with E-state index in [0.29, 0.717) is 5.75 Å². The number of ketones is 1. The minimum atomic E-state index is -0.725. The highest BCUT2D eigenvalue weighted by Crippen LogP contribution is 2.31. The molecule has 0 aliphatic carbocycles. The molecule has 0 aliphatic heterocycles. The molecule has 1 heterocycles. The van der Waals surface area contributed by atoms with E-state index in [0.717, 1.165) is 5.56 Å². The van der Waals surface area contributed by atoms with Gasteiger partial charge in [0.25, 0.3) is 0 Å². The molecule has 8 nitrogen and oxygen atoms in total. The Bertz CT molecular complexity index is 924. The lowest BCUT2D eigenvalue weighted by atomic mass is 10.0. The molecular formula is C23H27NO7. The number of hydrogen-bond donors (Lipinski definition) is 0. The summed E-state index contributed by atoms with van der Waals surface area (Å²) in [5, 5.41) is 0. The molecule has 1 aromatic carbocycles. The predicted molar refractivity (Wildman–Crippen MR) is 112 cm³/mol. The van der Waals surface area contributed by atoms with Gasteiger partial charge in [0, 0.05) is 25.6 Å². The van der Waals surface area contributed by atoms with Crippen molar-refractivity contribution in [2.75, 3.05) is 13.7 Å². The summed E-state index contributed by atoms with van der Waals surface area (Å²) in [5.41, 5.74) is 1.04. The molecule has 0 N–H and O–H groups in total. The lowest BCUT2D eigenvalue weighted by molar-refractivity contribution is -0.150. The summed E-state index contributed by atoms with van der Waals surface area (Å²) in [6, 6.07) is 9.02. The second-order valence-corrected chi connectivity index (χ2v) is 7.18. The molecule has 1 aromatic heterocycles. The third kappa shape index (κ3) is 7.09. The Morgan fingerprint density at radius 1 is 1.06 bits per heavy atom. The highest BCUT2D eigenvalue weighted by atomic mass is 16.6. The number of pyridine rings is 1. The van der Waals surface area contributed by atoms with Gasteiger partial charge in [0.1, 0.15) is 18.5 Å². The standard InChI is InChI=1S/C23H27NO7/c1-14-6-8-18(9-7-14)30-16(3)13-29-23(27)15(2)12-19(26)21-22(31-17(4)25)20(28-5)10-11-24-21/h6-11,15-16H,12-13H2,1-5H3/t15-,16+/m1/s1. The Hall–Kier alpha value is -3.42. The van der Waals surface area contributed by atoms with Gasteiger partial charge in [0.15, 0.2) is 17.2 Å². The van der Waals surface area contributed by atoms with E-state index in [4.69, 9.17) is 18.9 Å². The number of carbonyl (C=O) groups excluding carboxylic acids is 3. The molecule has 2 aromatic rings. The van der Waals surface area contributed by atoms with E-state index < -0.39 is 23.6 Å². The molecule has 2 rings (SSSR count). The first-order valence-electron chi connectivity index (χ1n) is 9.85. The van der Waals surface area contributed by atoms with Crippen molar-refractivity contribution >= 4 is 17.7 Å². The maximum atomic E-state index is 12.7. The maximum Gasteiger partial charge on any atom is 0.309 e. The topological polar surface area (TPSA) is 101 Å². The van der Waals surface area contributed by atoms with Crippen LogP contribution in [0.2, 0.25) is 0 Å². The molecule has 0 saturated carbocycles. The van der Waals surface area contributed by atoms with Crippen molar-refractivity contribution in [3.8, 4) is 17.2 Å². The zero-order valence-electron chi connectivity index (χ0n) is 18.3. The van der Waals surface area contributed by atoms with Crippen LogP contribution >= 0.6 is 0 Å². The quantitative estimate of drug-likeness (QED) is 0.418. The average molecular weight is 429 g/mol. The third-order valence-corrected chi connectivity index (χ3v) is 4.31. The van der Waals surface area contributed by atoms with Gasteiger partial charge in [0.2, 0.25) is 5.75 Å². The van der Waals surface area contributed by atoms with Gasteiger partial charge in [0.05, 0.1) is 13.0 Å². The van der Waals surface area contributed by atoms with Crippen LogP contribution in [0.3, 0.4) is 0 Å². The van der Waals surface area contributed by atoms with Crippen LogP contribution in [0.25, 0.3) is 0 Å². The van der Waals surface area contributed by atoms with Crippen LogP contribution in [0.1, 0.15) is 43.2 Å². The first-order valence-corrected chi connectivity index (χ1v) is 9.85. The van der Waals surface area contributed by atoms with Gasteiger partial charge in [-0.05, 0) is 26.0 Å². The van der Waals surface area contributed by atoms with Gasteiger partial charge in [-0.2, -0.15) is 0 Å². The Morgan fingerprint density at radius 2 is 1.74 bits per heavy atom. The Morgan fingerprint density at radius 3 is 2.35 bits per heavy atom. The van der Waals surface area contributed by atoms with Gasteiger partial charge in [-0.1, -0.05) is 24.6 Å². The molecular weight excluding hydrogens is 402 g/mol. The number of hydrogen-bond acceptors (Lipinski definition) is 8. The molecule has 31 heavy (non-hydrogen) atoms. The number of rotatable bonds is 10. The Kier molecular flexibility index (Phi) is 8.54. The van der Waals surface area contributed by atoms with E-state index in [1.54, 1.807) is 13.8 Å². The number of nitrogens with zero attached hydrogens (tertiary/aromatic N) is 1. The van der Waals surface area contributed by atoms with E-state index in [2.05, 4.69) is 4.98 Å². The summed E-state index contributed by atoms with van der Waals surface area (Å²) in [4.78, 5) is 40.4. The van der Waals surface area contributed by atoms with Gasteiger partial charge >= 0.3 is 11.9 Å². The van der Waals surface area contributed by atoms with Crippen LogP contribution in [0.15, 0.2) is 36.5 Å². The van der Waals surface area contributed by atoms with Crippen molar-refractivity contribution in [2.45, 2.75) is 40.2 Å². The molecule has 0 fully saturated rings. The minimum absolute atomic E-state index is 0.0430. The second kappa shape index (κ2) is 11.1. The van der Waals surface area contributed by atoms with E-state index >= 15 is 0 Å². The fourth-order valence-corrected chi connectivity index (χ4v) is 2.72. The van der Waals surface area contributed by atoms with Gasteiger partial charge in [-0.25, -0.2) is 4.98 Å². The SMILES string of the molecule is COc1ccnc(C(=O)C[C@@H](C)C(=O)OC[C@H](C)Oc2ccc(C)cc2)c1OC(C)=O. The zero-order valence-corrected chi connectivity index (χ0v) is 18.3. The number of ether oxygens (including phenoxy) is 4. The molecule has 2 atom stereocenters. The van der Waals surface area contributed by atoms with Crippen LogP contribution in [-0.4, -0.2) is 42.5 Å². The number of Topliss-reactive ketones (excluding diaryl/α,β-unsaturated/α-hetero) is 1. The van der Waals surface area contributed by atoms with E-state index in [1.807, 2.05) is 31.2 Å². The van der Waals surface area contributed by atoms with Gasteiger partial charge in [-0.15, -0.1) is 0 Å². The van der Waals surface area contributed by atoms with E-state index in [9.17, 15) is 14.4 Å². The Labute approximate surface area is 181 Å². The van der Waals surface area contributed by atoms with E-state index in [-0.39, 0.29) is 36.3 Å². The summed E-state index contributed by atoms with van der Waals surface area (Å²) in [6.45, 7) is 6.60. The van der Waals surface area contributed by atoms with Crippen molar-refractivity contribution in [1.29, 1.82) is 0 Å². The molecule has 0 aliphatic rings. The average Bonchev–Trinajstić information content (AvgIpc) is 2.73. The van der Waals surface area contributed by atoms with Crippen LogP contribution in [-0.2, 0) is 14.3 Å². The van der Waals surface area contributed by atoms with Crippen molar-refractivity contribution in [2.24, 2.45) is 5.92 Å². The van der Waals surface area contributed by atoms with E-state index in [1.165, 1.54) is 26.3 Å². The molecule has 0 amide bonds. The van der Waals surface area contributed by atoms with Crippen molar-refractivity contribution in [3.05, 3.63) is 47.8 Å². The lowest BCUT2D eigenvalue weighted by Gasteiger charge is -2.17. The molecule has 0 spiro atoms. The number of esters is 2. The summed E-state index contributed by atoms with van der Waals surface area (Å²) < 4.78 is 21.2. The molecule has 0 radical (unpaired) electrons. The first kappa shape index (κ1) is 23.9. The van der Waals surface area contributed by atoms with Crippen LogP contribution in [0, 0.1) is 12.8 Å². The summed E-state index contributed by atoms with van der Waals surface area (Å²) in [6.07, 6.45) is 0.845. The monoisotopic (exact) mass is 429 g/mol. The third-order valence-electron chi connectivity index (χ3n) is 4.31. The molecule has 166 valence electrons. The predicted octanol–water partition coefficient (Wildman–Crippen LogP) is 3.54. The fourth-order valence-electron chi connectivity index (χ4n) is 2.72. The van der Waals surface area contributed by atoms with Crippen molar-refractivity contribution < 1.29 is 33.3 Å². The number of carbonyl (C=O) groups is 3. The summed E-state index contributed by atoms with van der Waals surface area (Å²) >= 11 is 0. The fraction of sp³-hybridized carbons (Fsp3) is 0.391. The lowest BCUT2D eigenvalue weighted by Crippen LogP contribution is -2.25. The highest BCUT2D eigenvalue weighted by Gasteiger charge is 2.25.